The Hall–Kier alpha value is -1.20. The highest BCUT2D eigenvalue weighted by Gasteiger charge is 2.30. The van der Waals surface area contributed by atoms with Crippen molar-refractivity contribution in [1.82, 2.24) is 0 Å². The van der Waals surface area contributed by atoms with E-state index in [-0.39, 0.29) is 18.5 Å². The first kappa shape index (κ1) is 12.3. The first-order valence-electron chi connectivity index (χ1n) is 5.51. The van der Waals surface area contributed by atoms with Crippen molar-refractivity contribution in [1.29, 1.82) is 0 Å². The van der Waals surface area contributed by atoms with Gasteiger partial charge in [0.2, 0.25) is 5.91 Å². The van der Waals surface area contributed by atoms with Crippen molar-refractivity contribution in [2.75, 3.05) is 24.3 Å². The minimum Gasteiger partial charge on any atom is -0.495 e. The topological polar surface area (TPSA) is 55.6 Å². The number of amides is 1. The SMILES string of the molecule is COc1cccc2c1N(C(=O)CN)C(C)CS2. The highest BCUT2D eigenvalue weighted by molar-refractivity contribution is 7.99. The lowest BCUT2D eigenvalue weighted by atomic mass is 10.2. The quantitative estimate of drug-likeness (QED) is 0.866. The largest absolute Gasteiger partial charge is 0.495 e. The van der Waals surface area contributed by atoms with E-state index in [4.69, 9.17) is 10.5 Å². The minimum atomic E-state index is -0.0662. The van der Waals surface area contributed by atoms with Gasteiger partial charge in [-0.15, -0.1) is 11.8 Å². The van der Waals surface area contributed by atoms with E-state index in [0.29, 0.717) is 0 Å². The van der Waals surface area contributed by atoms with Crippen LogP contribution in [0.5, 0.6) is 5.75 Å². The monoisotopic (exact) mass is 252 g/mol. The molecule has 0 fully saturated rings. The summed E-state index contributed by atoms with van der Waals surface area (Å²) in [4.78, 5) is 14.8. The van der Waals surface area contributed by atoms with Gasteiger partial charge in [0.05, 0.1) is 13.7 Å². The number of ether oxygens (including phenoxy) is 1. The summed E-state index contributed by atoms with van der Waals surface area (Å²) in [5.41, 5.74) is 6.33. The molecule has 0 saturated heterocycles. The first-order valence-corrected chi connectivity index (χ1v) is 6.49. The van der Waals surface area contributed by atoms with Crippen LogP contribution in [0, 0.1) is 0 Å². The molecule has 0 aliphatic carbocycles. The third-order valence-electron chi connectivity index (χ3n) is 2.79. The molecule has 1 aliphatic heterocycles. The number of para-hydroxylation sites is 1. The fourth-order valence-corrected chi connectivity index (χ4v) is 3.08. The van der Waals surface area contributed by atoms with Crippen LogP contribution in [-0.2, 0) is 4.79 Å². The summed E-state index contributed by atoms with van der Waals surface area (Å²) in [5.74, 6) is 1.54. The van der Waals surface area contributed by atoms with Crippen molar-refractivity contribution in [3.63, 3.8) is 0 Å². The summed E-state index contributed by atoms with van der Waals surface area (Å²) in [6.07, 6.45) is 0. The standard InChI is InChI=1S/C12H16N2O2S/c1-8-7-17-10-5-3-4-9(16-2)12(10)14(8)11(15)6-13/h3-5,8H,6-7,13H2,1-2H3. The van der Waals surface area contributed by atoms with Crippen LogP contribution in [0.25, 0.3) is 0 Å². The number of rotatable bonds is 2. The molecule has 1 aromatic carbocycles. The Morgan fingerprint density at radius 1 is 1.65 bits per heavy atom. The van der Waals surface area contributed by atoms with Gasteiger partial charge in [-0.1, -0.05) is 6.07 Å². The van der Waals surface area contributed by atoms with E-state index in [1.54, 1.807) is 23.8 Å². The van der Waals surface area contributed by atoms with E-state index >= 15 is 0 Å². The third-order valence-corrected chi connectivity index (χ3v) is 4.08. The minimum absolute atomic E-state index is 0.0203. The van der Waals surface area contributed by atoms with E-state index in [1.807, 2.05) is 25.1 Å². The predicted molar refractivity (Wildman–Crippen MR) is 69.7 cm³/mol. The van der Waals surface area contributed by atoms with Gasteiger partial charge < -0.3 is 15.4 Å². The van der Waals surface area contributed by atoms with Gasteiger partial charge in [-0.25, -0.2) is 0 Å². The second-order valence-electron chi connectivity index (χ2n) is 3.93. The molecule has 2 N–H and O–H groups in total. The molecule has 0 radical (unpaired) electrons. The highest BCUT2D eigenvalue weighted by atomic mass is 32.2. The van der Waals surface area contributed by atoms with Gasteiger partial charge in [0.25, 0.3) is 0 Å². The Balaban J connectivity index is 2.52. The van der Waals surface area contributed by atoms with Crippen molar-refractivity contribution in [3.05, 3.63) is 18.2 Å². The lowest BCUT2D eigenvalue weighted by Gasteiger charge is -2.35. The molecule has 92 valence electrons. The molecule has 1 atom stereocenters. The summed E-state index contributed by atoms with van der Waals surface area (Å²) < 4.78 is 5.34. The van der Waals surface area contributed by atoms with Gasteiger partial charge in [-0.3, -0.25) is 4.79 Å². The Labute approximate surface area is 105 Å². The summed E-state index contributed by atoms with van der Waals surface area (Å²) in [6.45, 7) is 2.04. The van der Waals surface area contributed by atoms with Crippen molar-refractivity contribution in [2.45, 2.75) is 17.9 Å². The summed E-state index contributed by atoms with van der Waals surface area (Å²) in [7, 11) is 1.62. The van der Waals surface area contributed by atoms with Gasteiger partial charge in [-0.05, 0) is 19.1 Å². The molecule has 2 rings (SSSR count). The van der Waals surface area contributed by atoms with E-state index in [9.17, 15) is 4.79 Å². The molecule has 0 bridgehead atoms. The fraction of sp³-hybridized carbons (Fsp3) is 0.417. The van der Waals surface area contributed by atoms with Crippen LogP contribution >= 0.6 is 11.8 Å². The Morgan fingerprint density at radius 3 is 3.06 bits per heavy atom. The van der Waals surface area contributed by atoms with Crippen molar-refractivity contribution in [2.24, 2.45) is 5.73 Å². The van der Waals surface area contributed by atoms with Crippen molar-refractivity contribution >= 4 is 23.4 Å². The average Bonchev–Trinajstić information content (AvgIpc) is 2.37. The van der Waals surface area contributed by atoms with Gasteiger partial charge in [0.15, 0.2) is 0 Å². The number of hydrogen-bond acceptors (Lipinski definition) is 4. The predicted octanol–water partition coefficient (Wildman–Crippen LogP) is 1.48. The van der Waals surface area contributed by atoms with E-state index in [1.165, 1.54) is 0 Å². The number of methoxy groups -OCH3 is 1. The maximum absolute atomic E-state index is 11.9. The maximum atomic E-state index is 11.9. The maximum Gasteiger partial charge on any atom is 0.241 e. The van der Waals surface area contributed by atoms with Crippen LogP contribution in [0.4, 0.5) is 5.69 Å². The lowest BCUT2D eigenvalue weighted by Crippen LogP contribution is -2.45. The van der Waals surface area contributed by atoms with Gasteiger partial charge in [0, 0.05) is 16.7 Å². The zero-order chi connectivity index (χ0) is 12.4. The third kappa shape index (κ3) is 2.12. The summed E-state index contributed by atoms with van der Waals surface area (Å²) >= 11 is 1.74. The molecule has 17 heavy (non-hydrogen) atoms. The number of hydrogen-bond donors (Lipinski definition) is 1. The molecule has 1 aromatic rings. The molecule has 0 spiro atoms. The normalized spacial score (nSPS) is 18.8. The van der Waals surface area contributed by atoms with Crippen LogP contribution in [0.15, 0.2) is 23.1 Å². The van der Waals surface area contributed by atoms with Crippen LogP contribution in [0.2, 0.25) is 0 Å². The van der Waals surface area contributed by atoms with Crippen molar-refractivity contribution < 1.29 is 9.53 Å². The molecule has 0 saturated carbocycles. The zero-order valence-electron chi connectivity index (χ0n) is 9.97. The Kier molecular flexibility index (Phi) is 3.59. The Morgan fingerprint density at radius 2 is 2.41 bits per heavy atom. The molecule has 1 heterocycles. The van der Waals surface area contributed by atoms with Crippen LogP contribution < -0.4 is 15.4 Å². The number of anilines is 1. The number of carbonyl (C=O) groups is 1. The molecule has 1 amide bonds. The second-order valence-corrected chi connectivity index (χ2v) is 5.00. The number of fused-ring (bicyclic) bond motifs is 1. The molecule has 1 aliphatic rings. The summed E-state index contributed by atoms with van der Waals surface area (Å²) in [5, 5.41) is 0. The lowest BCUT2D eigenvalue weighted by molar-refractivity contribution is -0.117. The van der Waals surface area contributed by atoms with Gasteiger partial charge in [-0.2, -0.15) is 0 Å². The number of carbonyl (C=O) groups excluding carboxylic acids is 1. The molecular formula is C12H16N2O2S. The van der Waals surface area contributed by atoms with Gasteiger partial charge >= 0.3 is 0 Å². The van der Waals surface area contributed by atoms with Crippen LogP contribution in [0.3, 0.4) is 0 Å². The molecule has 0 aromatic heterocycles. The molecule has 4 nitrogen and oxygen atoms in total. The van der Waals surface area contributed by atoms with Crippen LogP contribution in [0.1, 0.15) is 6.92 Å². The number of nitrogens with two attached hydrogens (primary N) is 1. The number of nitrogens with zero attached hydrogens (tertiary/aromatic N) is 1. The highest BCUT2D eigenvalue weighted by Crippen LogP contribution is 2.43. The van der Waals surface area contributed by atoms with E-state index in [2.05, 4.69) is 0 Å². The Bertz CT molecular complexity index is 422. The molecular weight excluding hydrogens is 236 g/mol. The van der Waals surface area contributed by atoms with Crippen LogP contribution in [-0.4, -0.2) is 31.4 Å². The fourth-order valence-electron chi connectivity index (χ4n) is 1.99. The van der Waals surface area contributed by atoms with Gasteiger partial charge in [0.1, 0.15) is 11.4 Å². The van der Waals surface area contributed by atoms with E-state index in [0.717, 1.165) is 22.1 Å². The smallest absolute Gasteiger partial charge is 0.241 e. The zero-order valence-corrected chi connectivity index (χ0v) is 10.8. The van der Waals surface area contributed by atoms with Crippen molar-refractivity contribution in [3.8, 4) is 5.75 Å². The summed E-state index contributed by atoms with van der Waals surface area (Å²) in [6, 6.07) is 5.95. The second kappa shape index (κ2) is 4.98. The number of thioether (sulfide) groups is 1. The average molecular weight is 252 g/mol. The number of benzene rings is 1. The first-order chi connectivity index (χ1) is 8.19. The van der Waals surface area contributed by atoms with E-state index < -0.39 is 0 Å². The molecule has 5 heteroatoms. The molecule has 1 unspecified atom stereocenters.